The van der Waals surface area contributed by atoms with Crippen molar-refractivity contribution >= 4 is 5.91 Å². The van der Waals surface area contributed by atoms with Gasteiger partial charge < -0.3 is 10.0 Å². The lowest BCUT2D eigenvalue weighted by atomic mass is 9.81. The summed E-state index contributed by atoms with van der Waals surface area (Å²) in [7, 11) is 0. The quantitative estimate of drug-likeness (QED) is 0.818. The van der Waals surface area contributed by atoms with Gasteiger partial charge in [0.2, 0.25) is 5.91 Å². The molecule has 2 aliphatic carbocycles. The summed E-state index contributed by atoms with van der Waals surface area (Å²) in [4.78, 5) is 14.7. The summed E-state index contributed by atoms with van der Waals surface area (Å²) in [6.45, 7) is 3.24. The van der Waals surface area contributed by atoms with Gasteiger partial charge >= 0.3 is 0 Å². The van der Waals surface area contributed by atoms with E-state index in [1.807, 2.05) is 0 Å². The van der Waals surface area contributed by atoms with Crippen LogP contribution in [0.25, 0.3) is 0 Å². The van der Waals surface area contributed by atoms with Crippen molar-refractivity contribution < 1.29 is 9.90 Å². The lowest BCUT2D eigenvalue weighted by molar-refractivity contribution is -0.141. The van der Waals surface area contributed by atoms with Crippen molar-refractivity contribution in [1.82, 2.24) is 4.90 Å². The first-order valence-corrected chi connectivity index (χ1v) is 7.63. The van der Waals surface area contributed by atoms with E-state index < -0.39 is 0 Å². The van der Waals surface area contributed by atoms with Crippen LogP contribution in [0.4, 0.5) is 0 Å². The van der Waals surface area contributed by atoms with Gasteiger partial charge in [0.15, 0.2) is 0 Å². The third-order valence-corrected chi connectivity index (χ3v) is 4.72. The molecular weight excluding hydrogens is 226 g/mol. The Labute approximate surface area is 111 Å². The topological polar surface area (TPSA) is 40.5 Å². The zero-order chi connectivity index (χ0) is 13.0. The summed E-state index contributed by atoms with van der Waals surface area (Å²) in [5.74, 6) is 1.43. The van der Waals surface area contributed by atoms with Crippen LogP contribution in [0.2, 0.25) is 0 Å². The Kier molecular flexibility index (Phi) is 5.04. The third kappa shape index (κ3) is 3.25. The number of hydrogen-bond donors (Lipinski definition) is 1. The fourth-order valence-corrected chi connectivity index (χ4v) is 3.15. The fraction of sp³-hybridized carbons (Fsp3) is 0.933. The van der Waals surface area contributed by atoms with Crippen LogP contribution in [0.5, 0.6) is 0 Å². The van der Waals surface area contributed by atoms with Gasteiger partial charge in [-0.1, -0.05) is 6.92 Å². The first kappa shape index (κ1) is 13.9. The van der Waals surface area contributed by atoms with E-state index >= 15 is 0 Å². The second-order valence-electron chi connectivity index (χ2n) is 6.15. The van der Waals surface area contributed by atoms with E-state index in [0.29, 0.717) is 11.9 Å². The molecule has 104 valence electrons. The maximum Gasteiger partial charge on any atom is 0.225 e. The van der Waals surface area contributed by atoms with Crippen LogP contribution >= 0.6 is 0 Å². The SMILES string of the molecule is CC1CCC(C(=O)N(CCCO)C2CCC2)CC1. The van der Waals surface area contributed by atoms with Crippen molar-refractivity contribution in [2.75, 3.05) is 13.2 Å². The number of aliphatic hydroxyl groups excluding tert-OH is 1. The minimum atomic E-state index is 0.193. The van der Waals surface area contributed by atoms with Crippen LogP contribution in [0.3, 0.4) is 0 Å². The Hall–Kier alpha value is -0.570. The normalized spacial score (nSPS) is 28.8. The van der Waals surface area contributed by atoms with Crippen molar-refractivity contribution in [2.24, 2.45) is 11.8 Å². The summed E-state index contributed by atoms with van der Waals surface area (Å²) < 4.78 is 0. The van der Waals surface area contributed by atoms with Gasteiger partial charge in [-0.2, -0.15) is 0 Å². The minimum Gasteiger partial charge on any atom is -0.396 e. The van der Waals surface area contributed by atoms with Gasteiger partial charge in [-0.15, -0.1) is 0 Å². The highest BCUT2D eigenvalue weighted by atomic mass is 16.3. The predicted octanol–water partition coefficient (Wildman–Crippen LogP) is 2.58. The molecule has 0 aliphatic heterocycles. The molecule has 3 nitrogen and oxygen atoms in total. The first-order valence-electron chi connectivity index (χ1n) is 7.63. The lowest BCUT2D eigenvalue weighted by Gasteiger charge is -2.40. The number of hydrogen-bond acceptors (Lipinski definition) is 2. The van der Waals surface area contributed by atoms with Gasteiger partial charge in [-0.05, 0) is 57.3 Å². The van der Waals surface area contributed by atoms with Crippen LogP contribution in [-0.4, -0.2) is 35.1 Å². The number of carbonyl (C=O) groups excluding carboxylic acids is 1. The second kappa shape index (κ2) is 6.55. The number of amides is 1. The Bertz CT molecular complexity index is 268. The van der Waals surface area contributed by atoms with Crippen LogP contribution < -0.4 is 0 Å². The molecule has 2 aliphatic rings. The Balaban J connectivity index is 1.89. The van der Waals surface area contributed by atoms with Crippen molar-refractivity contribution in [1.29, 1.82) is 0 Å². The number of aliphatic hydroxyl groups is 1. The highest BCUT2D eigenvalue weighted by Crippen LogP contribution is 2.32. The summed E-state index contributed by atoms with van der Waals surface area (Å²) in [6.07, 6.45) is 8.87. The second-order valence-corrected chi connectivity index (χ2v) is 6.15. The van der Waals surface area contributed by atoms with E-state index in [9.17, 15) is 4.79 Å². The van der Waals surface area contributed by atoms with Crippen molar-refractivity contribution in [3.05, 3.63) is 0 Å². The summed E-state index contributed by atoms with van der Waals surface area (Å²) in [6, 6.07) is 0.475. The summed E-state index contributed by atoms with van der Waals surface area (Å²) in [5, 5.41) is 8.98. The molecule has 2 rings (SSSR count). The Morgan fingerprint density at radius 3 is 2.33 bits per heavy atom. The molecule has 0 bridgehead atoms. The smallest absolute Gasteiger partial charge is 0.225 e. The van der Waals surface area contributed by atoms with Crippen LogP contribution in [0.1, 0.15) is 58.3 Å². The summed E-state index contributed by atoms with van der Waals surface area (Å²) in [5.41, 5.74) is 0. The molecule has 0 aromatic heterocycles. The average Bonchev–Trinajstić information content (AvgIpc) is 2.32. The van der Waals surface area contributed by atoms with Gasteiger partial charge in [0.1, 0.15) is 0 Å². The minimum absolute atomic E-state index is 0.193. The average molecular weight is 253 g/mol. The predicted molar refractivity (Wildman–Crippen MR) is 72.2 cm³/mol. The molecule has 0 atom stereocenters. The number of rotatable bonds is 5. The molecule has 0 heterocycles. The van der Waals surface area contributed by atoms with Crippen molar-refractivity contribution in [3.8, 4) is 0 Å². The molecule has 0 spiro atoms. The monoisotopic (exact) mass is 253 g/mol. The maximum absolute atomic E-state index is 12.6. The molecule has 0 aromatic rings. The van der Waals surface area contributed by atoms with E-state index in [2.05, 4.69) is 11.8 Å². The first-order chi connectivity index (χ1) is 8.72. The molecule has 2 saturated carbocycles. The number of carbonyl (C=O) groups is 1. The number of nitrogens with zero attached hydrogens (tertiary/aromatic N) is 1. The molecule has 1 N–H and O–H groups in total. The molecule has 18 heavy (non-hydrogen) atoms. The highest BCUT2D eigenvalue weighted by molar-refractivity contribution is 5.79. The van der Waals surface area contributed by atoms with E-state index in [0.717, 1.165) is 31.7 Å². The molecule has 0 unspecified atom stereocenters. The molecule has 0 saturated heterocycles. The fourth-order valence-electron chi connectivity index (χ4n) is 3.15. The lowest BCUT2D eigenvalue weighted by Crippen LogP contribution is -2.48. The van der Waals surface area contributed by atoms with Gasteiger partial charge in [-0.3, -0.25) is 4.79 Å². The van der Waals surface area contributed by atoms with E-state index in [-0.39, 0.29) is 12.5 Å². The zero-order valence-electron chi connectivity index (χ0n) is 11.6. The molecule has 2 fully saturated rings. The van der Waals surface area contributed by atoms with Crippen LogP contribution in [0.15, 0.2) is 0 Å². The molecule has 0 aromatic carbocycles. The Morgan fingerprint density at radius 1 is 1.17 bits per heavy atom. The molecule has 3 heteroatoms. The van der Waals surface area contributed by atoms with E-state index in [4.69, 9.17) is 5.11 Å². The van der Waals surface area contributed by atoms with Crippen molar-refractivity contribution in [3.63, 3.8) is 0 Å². The van der Waals surface area contributed by atoms with Gasteiger partial charge in [0.05, 0.1) is 0 Å². The zero-order valence-corrected chi connectivity index (χ0v) is 11.6. The summed E-state index contributed by atoms with van der Waals surface area (Å²) >= 11 is 0. The standard InChI is InChI=1S/C15H27NO2/c1-12-6-8-13(9-7-12)15(18)16(10-3-11-17)14-4-2-5-14/h12-14,17H,2-11H2,1H3. The largest absolute Gasteiger partial charge is 0.396 e. The van der Waals surface area contributed by atoms with Gasteiger partial charge in [0.25, 0.3) is 0 Å². The molecule has 1 amide bonds. The highest BCUT2D eigenvalue weighted by Gasteiger charge is 2.33. The molecular formula is C15H27NO2. The van der Waals surface area contributed by atoms with Crippen LogP contribution in [-0.2, 0) is 4.79 Å². The van der Waals surface area contributed by atoms with Crippen LogP contribution in [0, 0.1) is 11.8 Å². The molecule has 0 radical (unpaired) electrons. The van der Waals surface area contributed by atoms with E-state index in [1.54, 1.807) is 0 Å². The third-order valence-electron chi connectivity index (χ3n) is 4.72. The maximum atomic E-state index is 12.6. The van der Waals surface area contributed by atoms with Gasteiger partial charge in [0, 0.05) is 25.1 Å². The van der Waals surface area contributed by atoms with Gasteiger partial charge in [-0.25, -0.2) is 0 Å². The van der Waals surface area contributed by atoms with E-state index in [1.165, 1.54) is 32.1 Å². The Morgan fingerprint density at radius 2 is 1.83 bits per heavy atom. The van der Waals surface area contributed by atoms with Crippen molar-refractivity contribution in [2.45, 2.75) is 64.3 Å².